The van der Waals surface area contributed by atoms with E-state index in [1.54, 1.807) is 0 Å². The summed E-state index contributed by atoms with van der Waals surface area (Å²) in [6, 6.07) is 0. The van der Waals surface area contributed by atoms with Gasteiger partial charge >= 0.3 is 5.97 Å². The first-order chi connectivity index (χ1) is 8.39. The van der Waals surface area contributed by atoms with Crippen LogP contribution >= 0.6 is 0 Å². The van der Waals surface area contributed by atoms with Crippen LogP contribution in [0, 0.1) is 0 Å². The van der Waals surface area contributed by atoms with Gasteiger partial charge in [0.2, 0.25) is 10.0 Å². The van der Waals surface area contributed by atoms with Crippen LogP contribution in [0.3, 0.4) is 0 Å². The minimum atomic E-state index is -3.46. The molecule has 7 nitrogen and oxygen atoms in total. The van der Waals surface area contributed by atoms with Crippen LogP contribution in [0.1, 0.15) is 6.42 Å². The first kappa shape index (κ1) is 15.4. The van der Waals surface area contributed by atoms with E-state index < -0.39 is 16.0 Å². The highest BCUT2D eigenvalue weighted by molar-refractivity contribution is 7.89. The summed E-state index contributed by atoms with van der Waals surface area (Å²) >= 11 is 0. The summed E-state index contributed by atoms with van der Waals surface area (Å²) < 4.78 is 25.3. The molecule has 0 aromatic heterocycles. The Morgan fingerprint density at radius 3 is 2.44 bits per heavy atom. The topological polar surface area (TPSA) is 90.0 Å². The van der Waals surface area contributed by atoms with Gasteiger partial charge in [-0.25, -0.2) is 13.1 Å². The molecule has 0 aromatic rings. The Balaban J connectivity index is 2.18. The van der Waals surface area contributed by atoms with Crippen molar-refractivity contribution >= 4 is 16.0 Å². The van der Waals surface area contributed by atoms with Crippen LogP contribution in [0.4, 0.5) is 0 Å². The summed E-state index contributed by atoms with van der Waals surface area (Å²) in [4.78, 5) is 14.7. The minimum Gasteiger partial charge on any atom is -0.481 e. The van der Waals surface area contributed by atoms with Gasteiger partial charge in [0.25, 0.3) is 0 Å². The Morgan fingerprint density at radius 2 is 1.89 bits per heavy atom. The number of carboxylic acids is 1. The second-order valence-electron chi connectivity index (χ2n) is 4.50. The fraction of sp³-hybridized carbons (Fsp3) is 0.900. The molecule has 0 aromatic carbocycles. The number of hydrogen-bond acceptors (Lipinski definition) is 5. The van der Waals surface area contributed by atoms with E-state index in [1.807, 2.05) is 0 Å². The van der Waals surface area contributed by atoms with E-state index >= 15 is 0 Å². The van der Waals surface area contributed by atoms with Crippen molar-refractivity contribution in [3.63, 3.8) is 0 Å². The maximum Gasteiger partial charge on any atom is 0.304 e. The molecule has 1 rings (SSSR count). The second kappa shape index (κ2) is 7.03. The van der Waals surface area contributed by atoms with E-state index in [4.69, 9.17) is 5.11 Å². The van der Waals surface area contributed by atoms with Crippen molar-refractivity contribution in [1.29, 1.82) is 0 Å². The van der Waals surface area contributed by atoms with Gasteiger partial charge in [0.1, 0.15) is 0 Å². The van der Waals surface area contributed by atoms with Crippen LogP contribution in [0.15, 0.2) is 0 Å². The molecule has 0 aliphatic carbocycles. The molecule has 1 saturated heterocycles. The molecule has 0 bridgehead atoms. The third-order valence-corrected chi connectivity index (χ3v) is 4.32. The normalized spacial score (nSPS) is 18.9. The lowest BCUT2D eigenvalue weighted by molar-refractivity contribution is -0.136. The number of rotatable bonds is 7. The molecule has 0 amide bonds. The number of carboxylic acid groups (broad SMARTS) is 1. The Morgan fingerprint density at radius 1 is 1.28 bits per heavy atom. The highest BCUT2D eigenvalue weighted by Gasteiger charge is 2.15. The van der Waals surface area contributed by atoms with E-state index in [0.29, 0.717) is 13.1 Å². The highest BCUT2D eigenvalue weighted by Crippen LogP contribution is 1.98. The Hall–Kier alpha value is -0.700. The first-order valence-corrected chi connectivity index (χ1v) is 7.64. The smallest absolute Gasteiger partial charge is 0.304 e. The summed E-state index contributed by atoms with van der Waals surface area (Å²) in [5.41, 5.74) is 0. The highest BCUT2D eigenvalue weighted by atomic mass is 32.2. The van der Waals surface area contributed by atoms with Gasteiger partial charge in [0.15, 0.2) is 0 Å². The van der Waals surface area contributed by atoms with Gasteiger partial charge in [-0.15, -0.1) is 0 Å². The van der Waals surface area contributed by atoms with Crippen LogP contribution in [-0.2, 0) is 14.8 Å². The summed E-state index contributed by atoms with van der Waals surface area (Å²) in [6.07, 6.45) is -0.357. The van der Waals surface area contributed by atoms with Gasteiger partial charge < -0.3 is 10.0 Å². The Kier molecular flexibility index (Phi) is 6.00. The number of piperazine rings is 1. The molecular formula is C10H21N3O4S. The third-order valence-electron chi connectivity index (χ3n) is 2.93. The second-order valence-corrected chi connectivity index (χ2v) is 6.43. The molecule has 1 aliphatic heterocycles. The van der Waals surface area contributed by atoms with Gasteiger partial charge in [-0.3, -0.25) is 9.69 Å². The fourth-order valence-electron chi connectivity index (χ4n) is 1.72. The number of nitrogens with zero attached hydrogens (tertiary/aromatic N) is 2. The Bertz CT molecular complexity index is 363. The van der Waals surface area contributed by atoms with Crippen LogP contribution in [0.2, 0.25) is 0 Å². The zero-order chi connectivity index (χ0) is 13.6. The van der Waals surface area contributed by atoms with E-state index in [-0.39, 0.29) is 12.2 Å². The van der Waals surface area contributed by atoms with Crippen LogP contribution in [0.25, 0.3) is 0 Å². The summed E-state index contributed by atoms with van der Waals surface area (Å²) in [7, 11) is -1.39. The fourth-order valence-corrected chi connectivity index (χ4v) is 2.71. The van der Waals surface area contributed by atoms with Gasteiger partial charge in [-0.05, 0) is 7.05 Å². The van der Waals surface area contributed by atoms with E-state index in [9.17, 15) is 13.2 Å². The summed E-state index contributed by atoms with van der Waals surface area (Å²) in [5, 5.41) is 8.43. The lowest BCUT2D eigenvalue weighted by Crippen LogP contribution is -2.47. The summed E-state index contributed by atoms with van der Waals surface area (Å²) in [6.45, 7) is 4.87. The average molecular weight is 279 g/mol. The van der Waals surface area contributed by atoms with Crippen molar-refractivity contribution in [3.8, 4) is 0 Å². The number of sulfonamides is 1. The molecule has 106 valence electrons. The van der Waals surface area contributed by atoms with Crippen LogP contribution in [-0.4, -0.2) is 81.4 Å². The largest absolute Gasteiger partial charge is 0.481 e. The third kappa shape index (κ3) is 6.29. The predicted molar refractivity (Wildman–Crippen MR) is 68.0 cm³/mol. The SMILES string of the molecule is CN1CCN(CCNS(=O)(=O)CCC(=O)O)CC1. The van der Waals surface area contributed by atoms with Gasteiger partial charge in [0, 0.05) is 39.3 Å². The molecule has 8 heteroatoms. The average Bonchev–Trinajstić information content (AvgIpc) is 2.29. The maximum atomic E-state index is 11.4. The van der Waals surface area contributed by atoms with Crippen molar-refractivity contribution in [2.45, 2.75) is 6.42 Å². The molecule has 18 heavy (non-hydrogen) atoms. The van der Waals surface area contributed by atoms with Gasteiger partial charge in [-0.1, -0.05) is 0 Å². The molecule has 1 aliphatic rings. The molecule has 0 atom stereocenters. The quantitative estimate of drug-likeness (QED) is 0.597. The van der Waals surface area contributed by atoms with Crippen molar-refractivity contribution in [2.75, 3.05) is 52.1 Å². The van der Waals surface area contributed by atoms with Crippen molar-refractivity contribution in [3.05, 3.63) is 0 Å². The van der Waals surface area contributed by atoms with Gasteiger partial charge in [-0.2, -0.15) is 0 Å². The van der Waals surface area contributed by atoms with Crippen molar-refractivity contribution in [2.24, 2.45) is 0 Å². The lowest BCUT2D eigenvalue weighted by Gasteiger charge is -2.32. The number of nitrogens with one attached hydrogen (secondary N) is 1. The standard InChI is InChI=1S/C10H21N3O4S/c1-12-5-7-13(8-6-12)4-3-11-18(16,17)9-2-10(14)15/h11H,2-9H2,1H3,(H,14,15). The van der Waals surface area contributed by atoms with Crippen LogP contribution in [0.5, 0.6) is 0 Å². The molecule has 0 unspecified atom stereocenters. The zero-order valence-electron chi connectivity index (χ0n) is 10.6. The molecular weight excluding hydrogens is 258 g/mol. The van der Waals surface area contributed by atoms with E-state index in [2.05, 4.69) is 21.6 Å². The predicted octanol–water partition coefficient (Wildman–Crippen LogP) is -1.37. The lowest BCUT2D eigenvalue weighted by atomic mass is 10.3. The van der Waals surface area contributed by atoms with Crippen molar-refractivity contribution in [1.82, 2.24) is 14.5 Å². The minimum absolute atomic E-state index is 0.339. The molecule has 1 heterocycles. The molecule has 0 saturated carbocycles. The number of likely N-dealkylation sites (N-methyl/N-ethyl adjacent to an activating group) is 1. The number of hydrogen-bond donors (Lipinski definition) is 2. The van der Waals surface area contributed by atoms with Gasteiger partial charge in [0.05, 0.1) is 12.2 Å². The van der Waals surface area contributed by atoms with E-state index in [1.165, 1.54) is 0 Å². The maximum absolute atomic E-state index is 11.4. The van der Waals surface area contributed by atoms with E-state index in [0.717, 1.165) is 26.2 Å². The molecule has 1 fully saturated rings. The molecule has 0 spiro atoms. The summed E-state index contributed by atoms with van der Waals surface area (Å²) in [5.74, 6) is -1.45. The number of carbonyl (C=O) groups is 1. The molecule has 2 N–H and O–H groups in total. The monoisotopic (exact) mass is 279 g/mol. The number of aliphatic carboxylic acids is 1. The molecule has 0 radical (unpaired) electrons. The first-order valence-electron chi connectivity index (χ1n) is 5.99. The Labute approximate surface area is 108 Å². The zero-order valence-corrected chi connectivity index (χ0v) is 11.4. The van der Waals surface area contributed by atoms with Crippen LogP contribution < -0.4 is 4.72 Å². The van der Waals surface area contributed by atoms with Crippen molar-refractivity contribution < 1.29 is 18.3 Å².